The molecule has 0 bridgehead atoms. The lowest BCUT2D eigenvalue weighted by Crippen LogP contribution is -1.98. The Labute approximate surface area is 143 Å². The first-order chi connectivity index (χ1) is 12.4. The Morgan fingerprint density at radius 1 is 0.800 bits per heavy atom. The second-order valence-electron chi connectivity index (χ2n) is 5.90. The highest BCUT2D eigenvalue weighted by atomic mass is 15.3. The van der Waals surface area contributed by atoms with Crippen LogP contribution in [0.3, 0.4) is 0 Å². The molecule has 4 aromatic heterocycles. The van der Waals surface area contributed by atoms with Crippen molar-refractivity contribution in [2.45, 2.75) is 12.8 Å². The van der Waals surface area contributed by atoms with Gasteiger partial charge >= 0.3 is 0 Å². The van der Waals surface area contributed by atoms with Crippen LogP contribution in [-0.2, 0) is 12.8 Å². The van der Waals surface area contributed by atoms with E-state index < -0.39 is 0 Å². The quantitative estimate of drug-likeness (QED) is 0.510. The number of para-hydroxylation sites is 2. The molecule has 0 saturated carbocycles. The molecule has 0 N–H and O–H groups in total. The fourth-order valence-electron chi connectivity index (χ4n) is 3.00. The first-order valence-corrected chi connectivity index (χ1v) is 8.16. The Kier molecular flexibility index (Phi) is 3.13. The third-order valence-corrected chi connectivity index (χ3v) is 4.23. The minimum absolute atomic E-state index is 0.719. The molecule has 25 heavy (non-hydrogen) atoms. The molecule has 0 radical (unpaired) electrons. The van der Waals surface area contributed by atoms with Crippen molar-refractivity contribution in [1.29, 1.82) is 0 Å². The summed E-state index contributed by atoms with van der Waals surface area (Å²) >= 11 is 0. The summed E-state index contributed by atoms with van der Waals surface area (Å²) in [6, 6.07) is 13.8. The van der Waals surface area contributed by atoms with Gasteiger partial charge in [-0.15, -0.1) is 0 Å². The largest absolute Gasteiger partial charge is 0.256 e. The Bertz CT molecular complexity index is 1210. The van der Waals surface area contributed by atoms with E-state index in [0.717, 1.165) is 51.9 Å². The molecule has 5 rings (SSSR count). The summed E-state index contributed by atoms with van der Waals surface area (Å²) in [4.78, 5) is 18.2. The summed E-state index contributed by atoms with van der Waals surface area (Å²) in [5.74, 6) is 0.798. The molecule has 0 amide bonds. The summed E-state index contributed by atoms with van der Waals surface area (Å²) in [7, 11) is 0. The highest BCUT2D eigenvalue weighted by Crippen LogP contribution is 2.16. The minimum atomic E-state index is 0.719. The van der Waals surface area contributed by atoms with Crippen molar-refractivity contribution in [3.8, 4) is 0 Å². The molecular formula is C19H14N6. The van der Waals surface area contributed by atoms with E-state index in [0.29, 0.717) is 0 Å². The normalized spacial score (nSPS) is 11.5. The molecule has 0 aliphatic rings. The maximum atomic E-state index is 4.68. The number of rotatable bonds is 3. The fraction of sp³-hybridized carbons (Fsp3) is 0.105. The van der Waals surface area contributed by atoms with Crippen LogP contribution in [0.4, 0.5) is 0 Å². The van der Waals surface area contributed by atoms with Gasteiger partial charge in [0, 0.05) is 30.4 Å². The monoisotopic (exact) mass is 326 g/mol. The molecule has 4 heterocycles. The summed E-state index contributed by atoms with van der Waals surface area (Å²) in [6.45, 7) is 0. The van der Waals surface area contributed by atoms with Crippen molar-refractivity contribution in [1.82, 2.24) is 29.5 Å². The van der Waals surface area contributed by atoms with Crippen molar-refractivity contribution >= 4 is 27.6 Å². The van der Waals surface area contributed by atoms with E-state index in [4.69, 9.17) is 0 Å². The zero-order valence-corrected chi connectivity index (χ0v) is 13.4. The van der Waals surface area contributed by atoms with Crippen molar-refractivity contribution < 1.29 is 0 Å². The molecule has 0 atom stereocenters. The number of fused-ring (bicyclic) bond motifs is 4. The SMILES string of the molecule is c1ccc2nc(CCc3nc4c5cccnc5ccn4n3)cnc2c1. The van der Waals surface area contributed by atoms with Gasteiger partial charge in [-0.25, -0.2) is 14.5 Å². The average Bonchev–Trinajstić information content (AvgIpc) is 3.10. The molecule has 0 aliphatic heterocycles. The number of hydrogen-bond acceptors (Lipinski definition) is 5. The summed E-state index contributed by atoms with van der Waals surface area (Å²) in [5, 5.41) is 5.58. The Balaban J connectivity index is 1.46. The fourth-order valence-corrected chi connectivity index (χ4v) is 3.00. The molecule has 5 aromatic rings. The average molecular weight is 326 g/mol. The first-order valence-electron chi connectivity index (χ1n) is 8.16. The van der Waals surface area contributed by atoms with Gasteiger partial charge in [-0.1, -0.05) is 12.1 Å². The van der Waals surface area contributed by atoms with E-state index in [1.807, 2.05) is 59.4 Å². The van der Waals surface area contributed by atoms with Gasteiger partial charge in [0.25, 0.3) is 0 Å². The van der Waals surface area contributed by atoms with Crippen LogP contribution in [0, 0.1) is 0 Å². The Morgan fingerprint density at radius 2 is 1.72 bits per heavy atom. The van der Waals surface area contributed by atoms with Crippen molar-refractivity contribution in [2.24, 2.45) is 0 Å². The zero-order valence-electron chi connectivity index (χ0n) is 13.4. The third-order valence-electron chi connectivity index (χ3n) is 4.23. The number of benzene rings is 1. The van der Waals surface area contributed by atoms with Crippen LogP contribution in [-0.4, -0.2) is 29.5 Å². The Hall–Kier alpha value is -3.41. The zero-order chi connectivity index (χ0) is 16.6. The molecule has 6 nitrogen and oxygen atoms in total. The van der Waals surface area contributed by atoms with Crippen LogP contribution in [0.25, 0.3) is 27.6 Å². The van der Waals surface area contributed by atoms with Crippen molar-refractivity contribution in [3.05, 3.63) is 72.6 Å². The van der Waals surface area contributed by atoms with Crippen LogP contribution in [0.15, 0.2) is 61.1 Å². The Morgan fingerprint density at radius 3 is 2.68 bits per heavy atom. The van der Waals surface area contributed by atoms with Crippen LogP contribution in [0.5, 0.6) is 0 Å². The van der Waals surface area contributed by atoms with E-state index in [1.165, 1.54) is 0 Å². The topological polar surface area (TPSA) is 68.9 Å². The number of aromatic nitrogens is 6. The summed E-state index contributed by atoms with van der Waals surface area (Å²) < 4.78 is 1.81. The molecule has 0 unspecified atom stereocenters. The molecule has 0 saturated heterocycles. The molecule has 120 valence electrons. The van der Waals surface area contributed by atoms with Gasteiger partial charge in [0.1, 0.15) is 0 Å². The highest BCUT2D eigenvalue weighted by molar-refractivity contribution is 5.90. The molecular weight excluding hydrogens is 312 g/mol. The van der Waals surface area contributed by atoms with Gasteiger partial charge in [0.2, 0.25) is 0 Å². The summed E-state index contributed by atoms with van der Waals surface area (Å²) in [6.07, 6.45) is 6.99. The summed E-state index contributed by atoms with van der Waals surface area (Å²) in [5.41, 5.74) is 4.54. The number of nitrogens with zero attached hydrogens (tertiary/aromatic N) is 6. The second kappa shape index (κ2) is 5.59. The van der Waals surface area contributed by atoms with E-state index in [9.17, 15) is 0 Å². The smallest absolute Gasteiger partial charge is 0.164 e. The number of pyridine rings is 2. The van der Waals surface area contributed by atoms with Gasteiger partial charge in [0.15, 0.2) is 11.5 Å². The lowest BCUT2D eigenvalue weighted by Gasteiger charge is -2.00. The molecule has 6 heteroatoms. The first kappa shape index (κ1) is 14.0. The van der Waals surface area contributed by atoms with Gasteiger partial charge in [-0.3, -0.25) is 9.97 Å². The lowest BCUT2D eigenvalue weighted by atomic mass is 10.2. The maximum absolute atomic E-state index is 4.68. The molecule has 0 fully saturated rings. The lowest BCUT2D eigenvalue weighted by molar-refractivity contribution is 0.820. The second-order valence-corrected chi connectivity index (χ2v) is 5.90. The van der Waals surface area contributed by atoms with Gasteiger partial charge in [-0.2, -0.15) is 5.10 Å². The van der Waals surface area contributed by atoms with E-state index >= 15 is 0 Å². The molecule has 1 aromatic carbocycles. The third kappa shape index (κ3) is 2.48. The number of aryl methyl sites for hydroxylation is 2. The van der Waals surface area contributed by atoms with Gasteiger partial charge in [-0.05, 0) is 36.8 Å². The molecule has 0 spiro atoms. The highest BCUT2D eigenvalue weighted by Gasteiger charge is 2.09. The van der Waals surface area contributed by atoms with Gasteiger partial charge < -0.3 is 0 Å². The van der Waals surface area contributed by atoms with Crippen LogP contribution in [0.1, 0.15) is 11.5 Å². The van der Waals surface area contributed by atoms with Crippen LogP contribution < -0.4 is 0 Å². The standard InChI is InChI=1S/C19H14N6/c1-2-6-17-16(5-1)21-12-13(22-17)7-8-18-23-19-14-4-3-10-20-15(14)9-11-25(19)24-18/h1-6,9-12H,7-8H2. The predicted octanol–water partition coefficient (Wildman–Crippen LogP) is 3.01. The van der Waals surface area contributed by atoms with Crippen molar-refractivity contribution in [2.75, 3.05) is 0 Å². The van der Waals surface area contributed by atoms with Crippen LogP contribution >= 0.6 is 0 Å². The number of hydrogen-bond donors (Lipinski definition) is 0. The van der Waals surface area contributed by atoms with E-state index in [-0.39, 0.29) is 0 Å². The van der Waals surface area contributed by atoms with Crippen LogP contribution in [0.2, 0.25) is 0 Å². The molecule has 0 aliphatic carbocycles. The van der Waals surface area contributed by atoms with E-state index in [2.05, 4.69) is 25.0 Å². The van der Waals surface area contributed by atoms with Gasteiger partial charge in [0.05, 0.1) is 22.2 Å². The maximum Gasteiger partial charge on any atom is 0.164 e. The minimum Gasteiger partial charge on any atom is -0.256 e. The van der Waals surface area contributed by atoms with E-state index in [1.54, 1.807) is 6.20 Å². The predicted molar refractivity (Wildman–Crippen MR) is 95.2 cm³/mol. The van der Waals surface area contributed by atoms with Crippen molar-refractivity contribution in [3.63, 3.8) is 0 Å².